The molecule has 0 aliphatic rings. The Bertz CT molecular complexity index is 713. The Hall–Kier alpha value is -2.82. The van der Waals surface area contributed by atoms with Crippen molar-refractivity contribution in [1.82, 2.24) is 10.6 Å². The van der Waals surface area contributed by atoms with Gasteiger partial charge in [0.05, 0.1) is 7.11 Å². The van der Waals surface area contributed by atoms with Crippen molar-refractivity contribution in [2.45, 2.75) is 19.9 Å². The van der Waals surface area contributed by atoms with E-state index in [9.17, 15) is 9.59 Å². The second kappa shape index (κ2) is 8.72. The number of carbonyl (C=O) groups excluding carboxylic acids is 2. The van der Waals surface area contributed by atoms with Crippen molar-refractivity contribution in [3.8, 4) is 5.75 Å². The first-order valence-corrected chi connectivity index (χ1v) is 7.83. The van der Waals surface area contributed by atoms with Crippen LogP contribution < -0.4 is 15.4 Å². The van der Waals surface area contributed by atoms with Crippen LogP contribution in [0.25, 0.3) is 0 Å². The molecule has 2 rings (SSSR count). The predicted octanol–water partition coefficient (Wildman–Crippen LogP) is 1.98. The molecule has 0 unspecified atom stereocenters. The molecular formula is C19H22N2O3. The lowest BCUT2D eigenvalue weighted by Gasteiger charge is -2.09. The Morgan fingerprint density at radius 3 is 2.50 bits per heavy atom. The maximum Gasteiger partial charge on any atom is 0.309 e. The molecule has 2 amide bonds. The van der Waals surface area contributed by atoms with E-state index in [4.69, 9.17) is 4.74 Å². The number of methoxy groups -OCH3 is 1. The summed E-state index contributed by atoms with van der Waals surface area (Å²) in [5.74, 6) is -0.482. The van der Waals surface area contributed by atoms with Gasteiger partial charge in [-0.15, -0.1) is 0 Å². The average molecular weight is 326 g/mol. The van der Waals surface area contributed by atoms with E-state index >= 15 is 0 Å². The summed E-state index contributed by atoms with van der Waals surface area (Å²) in [7, 11) is 1.61. The standard InChI is InChI=1S/C19H22N2O3/c1-14-6-5-7-15(12-14)13-21-19(23)18(22)20-11-10-16-8-3-4-9-17(16)24-2/h3-9,12H,10-11,13H2,1-2H3,(H,20,22)(H,21,23). The van der Waals surface area contributed by atoms with Crippen LogP contribution in [0.3, 0.4) is 0 Å². The first-order chi connectivity index (χ1) is 11.6. The molecule has 0 bridgehead atoms. The zero-order chi connectivity index (χ0) is 17.4. The van der Waals surface area contributed by atoms with E-state index in [1.54, 1.807) is 7.11 Å². The van der Waals surface area contributed by atoms with Gasteiger partial charge in [0.1, 0.15) is 5.75 Å². The minimum atomic E-state index is -0.628. The molecule has 2 aromatic rings. The molecule has 2 N–H and O–H groups in total. The summed E-state index contributed by atoms with van der Waals surface area (Å²) in [5, 5.41) is 5.24. The van der Waals surface area contributed by atoms with Gasteiger partial charge >= 0.3 is 11.8 Å². The van der Waals surface area contributed by atoms with Gasteiger partial charge in [0.2, 0.25) is 0 Å². The molecule has 0 heterocycles. The highest BCUT2D eigenvalue weighted by molar-refractivity contribution is 6.35. The van der Waals surface area contributed by atoms with Crippen LogP contribution in [0.15, 0.2) is 48.5 Å². The molecule has 0 aliphatic carbocycles. The maximum atomic E-state index is 11.8. The number of para-hydroxylation sites is 1. The van der Waals surface area contributed by atoms with Gasteiger partial charge in [-0.05, 0) is 30.5 Å². The summed E-state index contributed by atoms with van der Waals surface area (Å²) >= 11 is 0. The maximum absolute atomic E-state index is 11.8. The highest BCUT2D eigenvalue weighted by Crippen LogP contribution is 2.17. The zero-order valence-electron chi connectivity index (χ0n) is 14.0. The van der Waals surface area contributed by atoms with E-state index in [-0.39, 0.29) is 0 Å². The van der Waals surface area contributed by atoms with E-state index in [1.807, 2.05) is 55.5 Å². The molecule has 0 fully saturated rings. The lowest BCUT2D eigenvalue weighted by molar-refractivity contribution is -0.139. The van der Waals surface area contributed by atoms with Gasteiger partial charge < -0.3 is 15.4 Å². The molecule has 0 radical (unpaired) electrons. The minimum absolute atomic E-state index is 0.334. The van der Waals surface area contributed by atoms with E-state index in [0.29, 0.717) is 19.5 Å². The van der Waals surface area contributed by atoms with E-state index < -0.39 is 11.8 Å². The van der Waals surface area contributed by atoms with Crippen LogP contribution in [0.5, 0.6) is 5.75 Å². The topological polar surface area (TPSA) is 67.4 Å². The number of carbonyl (C=O) groups is 2. The van der Waals surface area contributed by atoms with Gasteiger partial charge in [-0.1, -0.05) is 48.0 Å². The van der Waals surface area contributed by atoms with Crippen LogP contribution in [-0.2, 0) is 22.6 Å². The van der Waals surface area contributed by atoms with Gasteiger partial charge in [-0.25, -0.2) is 0 Å². The quantitative estimate of drug-likeness (QED) is 0.798. The van der Waals surface area contributed by atoms with E-state index in [0.717, 1.165) is 22.4 Å². The summed E-state index contributed by atoms with van der Waals surface area (Å²) in [5.41, 5.74) is 3.06. The third-order valence-electron chi connectivity index (χ3n) is 3.61. The van der Waals surface area contributed by atoms with E-state index in [2.05, 4.69) is 10.6 Å². The average Bonchev–Trinajstić information content (AvgIpc) is 2.60. The fourth-order valence-corrected chi connectivity index (χ4v) is 2.39. The molecule has 0 atom stereocenters. The van der Waals surface area contributed by atoms with Crippen LogP contribution in [0.4, 0.5) is 0 Å². The second-order valence-corrected chi connectivity index (χ2v) is 5.49. The van der Waals surface area contributed by atoms with Crippen LogP contribution in [0.1, 0.15) is 16.7 Å². The predicted molar refractivity (Wildman–Crippen MR) is 92.7 cm³/mol. The van der Waals surface area contributed by atoms with Crippen molar-refractivity contribution in [3.63, 3.8) is 0 Å². The third kappa shape index (κ3) is 5.12. The molecule has 24 heavy (non-hydrogen) atoms. The molecule has 0 aliphatic heterocycles. The Morgan fingerprint density at radius 1 is 1.00 bits per heavy atom. The fraction of sp³-hybridized carbons (Fsp3) is 0.263. The third-order valence-corrected chi connectivity index (χ3v) is 3.61. The van der Waals surface area contributed by atoms with Crippen molar-refractivity contribution < 1.29 is 14.3 Å². The molecule has 2 aromatic carbocycles. The molecule has 5 heteroatoms. The highest BCUT2D eigenvalue weighted by Gasteiger charge is 2.12. The van der Waals surface area contributed by atoms with Crippen molar-refractivity contribution in [2.24, 2.45) is 0 Å². The zero-order valence-corrected chi connectivity index (χ0v) is 14.0. The summed E-state index contributed by atoms with van der Waals surface area (Å²) in [6, 6.07) is 15.4. The molecule has 0 aromatic heterocycles. The SMILES string of the molecule is COc1ccccc1CCNC(=O)C(=O)NCc1cccc(C)c1. The summed E-state index contributed by atoms with van der Waals surface area (Å²) in [6.45, 7) is 2.69. The largest absolute Gasteiger partial charge is 0.496 e. The molecule has 0 saturated heterocycles. The summed E-state index contributed by atoms with van der Waals surface area (Å²) in [6.07, 6.45) is 0.598. The lowest BCUT2D eigenvalue weighted by atomic mass is 10.1. The molecular weight excluding hydrogens is 304 g/mol. The van der Waals surface area contributed by atoms with Gasteiger partial charge in [0, 0.05) is 13.1 Å². The number of amides is 2. The molecule has 0 saturated carbocycles. The number of nitrogens with one attached hydrogen (secondary N) is 2. The number of ether oxygens (including phenoxy) is 1. The van der Waals surface area contributed by atoms with Gasteiger partial charge in [-0.2, -0.15) is 0 Å². The number of rotatable bonds is 6. The van der Waals surface area contributed by atoms with Crippen molar-refractivity contribution in [1.29, 1.82) is 0 Å². The molecule has 126 valence electrons. The Balaban J connectivity index is 1.76. The number of benzene rings is 2. The summed E-state index contributed by atoms with van der Waals surface area (Å²) in [4.78, 5) is 23.6. The Morgan fingerprint density at radius 2 is 1.75 bits per heavy atom. The highest BCUT2D eigenvalue weighted by atomic mass is 16.5. The number of aryl methyl sites for hydroxylation is 1. The lowest BCUT2D eigenvalue weighted by Crippen LogP contribution is -2.40. The normalized spacial score (nSPS) is 10.1. The minimum Gasteiger partial charge on any atom is -0.496 e. The van der Waals surface area contributed by atoms with E-state index in [1.165, 1.54) is 0 Å². The van der Waals surface area contributed by atoms with Crippen LogP contribution >= 0.6 is 0 Å². The summed E-state index contributed by atoms with van der Waals surface area (Å²) < 4.78 is 5.26. The second-order valence-electron chi connectivity index (χ2n) is 5.49. The van der Waals surface area contributed by atoms with Crippen LogP contribution in [-0.4, -0.2) is 25.5 Å². The van der Waals surface area contributed by atoms with Crippen molar-refractivity contribution >= 4 is 11.8 Å². The van der Waals surface area contributed by atoms with Crippen LogP contribution in [0.2, 0.25) is 0 Å². The number of hydrogen-bond acceptors (Lipinski definition) is 3. The van der Waals surface area contributed by atoms with Gasteiger partial charge in [0.15, 0.2) is 0 Å². The van der Waals surface area contributed by atoms with Gasteiger partial charge in [0.25, 0.3) is 0 Å². The number of hydrogen-bond donors (Lipinski definition) is 2. The van der Waals surface area contributed by atoms with Gasteiger partial charge in [-0.3, -0.25) is 9.59 Å². The smallest absolute Gasteiger partial charge is 0.309 e. The fourth-order valence-electron chi connectivity index (χ4n) is 2.39. The first-order valence-electron chi connectivity index (χ1n) is 7.83. The molecule has 0 spiro atoms. The van der Waals surface area contributed by atoms with Crippen LogP contribution in [0, 0.1) is 6.92 Å². The Labute approximate surface area is 142 Å². The van der Waals surface area contributed by atoms with Crippen molar-refractivity contribution in [3.05, 3.63) is 65.2 Å². The molecule has 5 nitrogen and oxygen atoms in total. The monoisotopic (exact) mass is 326 g/mol. The van der Waals surface area contributed by atoms with Crippen molar-refractivity contribution in [2.75, 3.05) is 13.7 Å². The first kappa shape index (κ1) is 17.5. The Kier molecular flexibility index (Phi) is 6.37.